The summed E-state index contributed by atoms with van der Waals surface area (Å²) in [6.45, 7) is 0.291. The molecule has 1 N–H and O–H groups in total. The first-order chi connectivity index (χ1) is 10.7. The maximum Gasteiger partial charge on any atom is 0.200 e. The molecule has 0 bridgehead atoms. The van der Waals surface area contributed by atoms with E-state index in [9.17, 15) is 5.11 Å². The molecule has 118 valence electrons. The van der Waals surface area contributed by atoms with Gasteiger partial charge in [0.2, 0.25) is 0 Å². The van der Waals surface area contributed by atoms with Gasteiger partial charge < -0.3 is 9.52 Å². The maximum absolute atomic E-state index is 9.22. The van der Waals surface area contributed by atoms with Crippen LogP contribution in [0.1, 0.15) is 37.5 Å². The molecule has 1 saturated carbocycles. The molecule has 0 aliphatic heterocycles. The predicted molar refractivity (Wildman–Crippen MR) is 91.6 cm³/mol. The quantitative estimate of drug-likeness (QED) is 0.732. The van der Waals surface area contributed by atoms with E-state index in [1.165, 1.54) is 11.8 Å². The van der Waals surface area contributed by atoms with Crippen molar-refractivity contribution in [1.29, 1.82) is 0 Å². The van der Waals surface area contributed by atoms with E-state index in [0.29, 0.717) is 18.4 Å². The van der Waals surface area contributed by atoms with E-state index in [1.54, 1.807) is 0 Å². The van der Waals surface area contributed by atoms with Crippen LogP contribution < -0.4 is 0 Å². The van der Waals surface area contributed by atoms with Gasteiger partial charge in [0.1, 0.15) is 0 Å². The lowest BCUT2D eigenvalue weighted by atomic mass is 9.82. The highest BCUT2D eigenvalue weighted by Gasteiger charge is 2.26. The average molecular weight is 403 g/mol. The summed E-state index contributed by atoms with van der Waals surface area (Å²) < 4.78 is 6.72. The fraction of sp³-hybridized carbons (Fsp3) is 0.438. The molecule has 1 aliphatic rings. The van der Waals surface area contributed by atoms with Crippen LogP contribution in [0.5, 0.6) is 0 Å². The van der Waals surface area contributed by atoms with E-state index >= 15 is 0 Å². The van der Waals surface area contributed by atoms with Crippen molar-refractivity contribution in [2.75, 3.05) is 6.61 Å². The minimum atomic E-state index is 0.291. The monoisotopic (exact) mass is 401 g/mol. The van der Waals surface area contributed by atoms with Crippen LogP contribution in [-0.2, 0) is 0 Å². The third kappa shape index (κ3) is 3.88. The highest BCUT2D eigenvalue weighted by Crippen LogP contribution is 2.40. The van der Waals surface area contributed by atoms with Crippen molar-refractivity contribution >= 4 is 39.3 Å². The van der Waals surface area contributed by atoms with Gasteiger partial charge in [-0.1, -0.05) is 11.6 Å². The van der Waals surface area contributed by atoms with Crippen molar-refractivity contribution in [1.82, 2.24) is 4.98 Å². The van der Waals surface area contributed by atoms with E-state index in [2.05, 4.69) is 20.9 Å². The fourth-order valence-electron chi connectivity index (χ4n) is 2.74. The molecule has 6 heteroatoms. The van der Waals surface area contributed by atoms with Crippen molar-refractivity contribution in [3.63, 3.8) is 0 Å². The Morgan fingerprint density at radius 3 is 2.55 bits per heavy atom. The minimum absolute atomic E-state index is 0.291. The van der Waals surface area contributed by atoms with E-state index in [-0.39, 0.29) is 0 Å². The summed E-state index contributed by atoms with van der Waals surface area (Å²) in [4.78, 5) is 5.61. The number of aromatic nitrogens is 1. The SMILES string of the molecule is OC[C@H]1CC[C@@H](c2nc(Br)c(Sc3ccc(Cl)cc3)o2)CC1. The van der Waals surface area contributed by atoms with Gasteiger partial charge in [-0.3, -0.25) is 0 Å². The molecule has 0 atom stereocenters. The van der Waals surface area contributed by atoms with Crippen LogP contribution in [-0.4, -0.2) is 16.7 Å². The van der Waals surface area contributed by atoms with Crippen molar-refractivity contribution in [2.24, 2.45) is 5.92 Å². The van der Waals surface area contributed by atoms with Gasteiger partial charge in [0, 0.05) is 22.4 Å². The Labute approximate surface area is 147 Å². The van der Waals surface area contributed by atoms with Crippen molar-refractivity contribution in [3.05, 3.63) is 39.8 Å². The molecule has 0 radical (unpaired) electrons. The Bertz CT molecular complexity index is 624. The molecule has 1 aromatic heterocycles. The fourth-order valence-corrected chi connectivity index (χ4v) is 4.11. The first-order valence-electron chi connectivity index (χ1n) is 7.36. The molecule has 1 fully saturated rings. The van der Waals surface area contributed by atoms with E-state index in [1.807, 2.05) is 24.3 Å². The molecule has 22 heavy (non-hydrogen) atoms. The summed E-state index contributed by atoms with van der Waals surface area (Å²) in [6.07, 6.45) is 4.15. The van der Waals surface area contributed by atoms with Crippen molar-refractivity contribution in [2.45, 2.75) is 41.6 Å². The summed E-state index contributed by atoms with van der Waals surface area (Å²) in [6, 6.07) is 7.67. The topological polar surface area (TPSA) is 46.3 Å². The number of hydrogen-bond donors (Lipinski definition) is 1. The summed E-state index contributed by atoms with van der Waals surface area (Å²) in [5, 5.41) is 10.7. The van der Waals surface area contributed by atoms with Crippen molar-refractivity contribution < 1.29 is 9.52 Å². The normalized spacial score (nSPS) is 22.0. The standard InChI is InChI=1S/C16H17BrClNO2S/c17-14-16(22-13-7-5-12(18)6-8-13)21-15(19-14)11-3-1-10(9-20)2-4-11/h5-8,10-11,20H,1-4,9H2/t10-,11+. The Balaban J connectivity index is 1.70. The highest BCUT2D eigenvalue weighted by molar-refractivity contribution is 9.10. The zero-order chi connectivity index (χ0) is 15.5. The Hall–Kier alpha value is -0.490. The lowest BCUT2D eigenvalue weighted by Gasteiger charge is -2.24. The number of oxazole rings is 1. The molecule has 3 nitrogen and oxygen atoms in total. The van der Waals surface area contributed by atoms with Gasteiger partial charge in [0.15, 0.2) is 15.6 Å². The van der Waals surface area contributed by atoms with Gasteiger partial charge in [0.05, 0.1) is 0 Å². The predicted octanol–water partition coefficient (Wildman–Crippen LogP) is 5.51. The van der Waals surface area contributed by atoms with Crippen LogP contribution >= 0.6 is 39.3 Å². The van der Waals surface area contributed by atoms with Crippen LogP contribution in [0.25, 0.3) is 0 Å². The second-order valence-corrected chi connectivity index (χ2v) is 7.82. The Morgan fingerprint density at radius 1 is 1.23 bits per heavy atom. The molecule has 0 unspecified atom stereocenters. The van der Waals surface area contributed by atoms with Crippen LogP contribution in [0.2, 0.25) is 5.02 Å². The van der Waals surface area contributed by atoms with Crippen LogP contribution in [0, 0.1) is 5.92 Å². The first kappa shape index (κ1) is 16.4. The van der Waals surface area contributed by atoms with Crippen LogP contribution in [0.3, 0.4) is 0 Å². The molecule has 1 aromatic carbocycles. The van der Waals surface area contributed by atoms with E-state index in [4.69, 9.17) is 16.0 Å². The smallest absolute Gasteiger partial charge is 0.200 e. The average Bonchev–Trinajstić information content (AvgIpc) is 2.91. The summed E-state index contributed by atoms with van der Waals surface area (Å²) in [5.74, 6) is 1.61. The molecule has 2 aromatic rings. The zero-order valence-corrected chi connectivity index (χ0v) is 15.1. The maximum atomic E-state index is 9.22. The van der Waals surface area contributed by atoms with Gasteiger partial charge in [-0.25, -0.2) is 4.98 Å². The number of halogens is 2. The molecule has 0 amide bonds. The number of nitrogens with zero attached hydrogens (tertiary/aromatic N) is 1. The van der Waals surface area contributed by atoms with Crippen LogP contribution in [0.15, 0.2) is 43.3 Å². The second-order valence-electron chi connectivity index (χ2n) is 5.59. The number of hydrogen-bond acceptors (Lipinski definition) is 4. The number of benzene rings is 1. The molecular weight excluding hydrogens is 386 g/mol. The summed E-state index contributed by atoms with van der Waals surface area (Å²) in [7, 11) is 0. The molecule has 0 saturated heterocycles. The highest BCUT2D eigenvalue weighted by atomic mass is 79.9. The van der Waals surface area contributed by atoms with Crippen LogP contribution in [0.4, 0.5) is 0 Å². The lowest BCUT2D eigenvalue weighted by Crippen LogP contribution is -2.16. The molecule has 0 spiro atoms. The number of rotatable bonds is 4. The number of aliphatic hydroxyl groups is 1. The largest absolute Gasteiger partial charge is 0.433 e. The number of aliphatic hydroxyl groups excluding tert-OH is 1. The minimum Gasteiger partial charge on any atom is -0.433 e. The van der Waals surface area contributed by atoms with Gasteiger partial charge in [0.25, 0.3) is 0 Å². The van der Waals surface area contributed by atoms with Gasteiger partial charge in [-0.15, -0.1) is 0 Å². The van der Waals surface area contributed by atoms with E-state index in [0.717, 1.165) is 51.2 Å². The molecule has 3 rings (SSSR count). The Morgan fingerprint density at radius 2 is 1.91 bits per heavy atom. The lowest BCUT2D eigenvalue weighted by molar-refractivity contribution is 0.175. The van der Waals surface area contributed by atoms with Gasteiger partial charge in [-0.05, 0) is 83.6 Å². The van der Waals surface area contributed by atoms with Gasteiger partial charge >= 0.3 is 0 Å². The van der Waals surface area contributed by atoms with Crippen molar-refractivity contribution in [3.8, 4) is 0 Å². The van der Waals surface area contributed by atoms with E-state index < -0.39 is 0 Å². The summed E-state index contributed by atoms with van der Waals surface area (Å²) in [5.41, 5.74) is 0. The summed E-state index contributed by atoms with van der Waals surface area (Å²) >= 11 is 10.9. The zero-order valence-electron chi connectivity index (χ0n) is 12.0. The third-order valence-electron chi connectivity index (χ3n) is 4.05. The molecular formula is C16H17BrClNO2S. The molecule has 1 heterocycles. The Kier molecular flexibility index (Phi) is 5.50. The second kappa shape index (κ2) is 7.39. The first-order valence-corrected chi connectivity index (χ1v) is 9.35. The molecule has 1 aliphatic carbocycles. The van der Waals surface area contributed by atoms with Gasteiger partial charge in [-0.2, -0.15) is 0 Å². The third-order valence-corrected chi connectivity index (χ3v) is 6.07.